The van der Waals surface area contributed by atoms with Crippen molar-refractivity contribution in [2.24, 2.45) is 5.41 Å². The predicted molar refractivity (Wildman–Crippen MR) is 119 cm³/mol. The van der Waals surface area contributed by atoms with Gasteiger partial charge in [-0.2, -0.15) is 11.3 Å². The second-order valence-corrected chi connectivity index (χ2v) is 10.00. The average Bonchev–Trinajstić information content (AvgIpc) is 3.15. The summed E-state index contributed by atoms with van der Waals surface area (Å²) in [6.07, 6.45) is 2.91. The first kappa shape index (κ1) is 20.0. The molecule has 0 saturated carbocycles. The molecule has 0 spiro atoms. The van der Waals surface area contributed by atoms with Gasteiger partial charge in [-0.25, -0.2) is 4.98 Å². The van der Waals surface area contributed by atoms with Crippen LogP contribution < -0.4 is 10.6 Å². The molecule has 29 heavy (non-hydrogen) atoms. The van der Waals surface area contributed by atoms with E-state index in [1.54, 1.807) is 23.6 Å². The second-order valence-electron chi connectivity index (χ2n) is 8.30. The van der Waals surface area contributed by atoms with Crippen LogP contribution >= 0.6 is 27.3 Å². The highest BCUT2D eigenvalue weighted by atomic mass is 79.9. The number of allylic oxidation sites excluding steroid dienone is 3. The number of nitrogens with one attached hydrogen (secondary N) is 2. The van der Waals surface area contributed by atoms with Gasteiger partial charge >= 0.3 is 0 Å². The van der Waals surface area contributed by atoms with Crippen LogP contribution in [0.3, 0.4) is 0 Å². The van der Waals surface area contributed by atoms with Crippen molar-refractivity contribution in [1.29, 1.82) is 0 Å². The highest BCUT2D eigenvalue weighted by Gasteiger charge is 2.42. The number of carbonyl (C=O) groups excluding carboxylic acids is 2. The fourth-order valence-corrected chi connectivity index (χ4v) is 5.06. The minimum absolute atomic E-state index is 0.0937. The molecular formula is C22H22BrN3O2S. The van der Waals surface area contributed by atoms with E-state index >= 15 is 0 Å². The van der Waals surface area contributed by atoms with Gasteiger partial charge in [0.25, 0.3) is 5.91 Å². The summed E-state index contributed by atoms with van der Waals surface area (Å²) < 4.78 is 0.839. The van der Waals surface area contributed by atoms with Gasteiger partial charge in [-0.1, -0.05) is 13.8 Å². The Morgan fingerprint density at radius 2 is 2.10 bits per heavy atom. The number of rotatable bonds is 3. The van der Waals surface area contributed by atoms with E-state index in [4.69, 9.17) is 0 Å². The summed E-state index contributed by atoms with van der Waals surface area (Å²) in [5.74, 6) is -0.0280. The summed E-state index contributed by atoms with van der Waals surface area (Å²) in [4.78, 5) is 30.7. The second kappa shape index (κ2) is 7.54. The van der Waals surface area contributed by atoms with Gasteiger partial charge < -0.3 is 10.6 Å². The highest BCUT2D eigenvalue weighted by molar-refractivity contribution is 9.10. The van der Waals surface area contributed by atoms with Crippen LogP contribution in [0.2, 0.25) is 0 Å². The van der Waals surface area contributed by atoms with Crippen LogP contribution in [0, 0.1) is 5.41 Å². The van der Waals surface area contributed by atoms with Crippen LogP contribution in [0.25, 0.3) is 0 Å². The molecule has 1 atom stereocenters. The van der Waals surface area contributed by atoms with E-state index in [0.717, 1.165) is 33.4 Å². The van der Waals surface area contributed by atoms with Gasteiger partial charge in [0, 0.05) is 45.5 Å². The van der Waals surface area contributed by atoms with E-state index in [9.17, 15) is 9.59 Å². The monoisotopic (exact) mass is 471 g/mol. The van der Waals surface area contributed by atoms with Crippen molar-refractivity contribution in [3.8, 4) is 0 Å². The number of thiophene rings is 1. The zero-order valence-electron chi connectivity index (χ0n) is 16.5. The molecule has 1 aliphatic carbocycles. The zero-order chi connectivity index (χ0) is 20.8. The number of halogens is 1. The normalized spacial score (nSPS) is 21.0. The number of anilines is 1. The molecule has 0 unspecified atom stereocenters. The third-order valence-corrected chi connectivity index (χ3v) is 6.50. The number of aromatic nitrogens is 1. The molecule has 0 radical (unpaired) electrons. The summed E-state index contributed by atoms with van der Waals surface area (Å²) in [6, 6.07) is 5.57. The lowest BCUT2D eigenvalue weighted by atomic mass is 9.69. The number of carbonyl (C=O) groups is 2. The predicted octanol–water partition coefficient (Wildman–Crippen LogP) is 5.15. The Labute approximate surface area is 182 Å². The molecule has 4 rings (SSSR count). The standard InChI is InChI=1S/C22H22BrN3O2S/c1-12-18(21(28)26-17-5-4-14(23)10-24-17)19(13-6-7-29-11-13)20-15(25-12)8-22(2,3)9-16(20)27/h4-7,10-11,19,25H,8-9H2,1-3H3,(H,24,26,28)/t19-/m0/s1. The van der Waals surface area contributed by atoms with E-state index < -0.39 is 0 Å². The molecule has 2 N–H and O–H groups in total. The Kier molecular flexibility index (Phi) is 5.21. The van der Waals surface area contributed by atoms with E-state index in [0.29, 0.717) is 17.8 Å². The number of nitrogens with zero attached hydrogens (tertiary/aromatic N) is 1. The number of dihydropyridines is 1. The zero-order valence-corrected chi connectivity index (χ0v) is 18.9. The first-order chi connectivity index (χ1) is 13.7. The van der Waals surface area contributed by atoms with Crippen LogP contribution in [0.15, 0.2) is 62.2 Å². The minimum atomic E-state index is -0.364. The molecule has 1 amide bonds. The average molecular weight is 472 g/mol. The van der Waals surface area contributed by atoms with Gasteiger partial charge in [-0.3, -0.25) is 9.59 Å². The van der Waals surface area contributed by atoms with Gasteiger partial charge in [-0.05, 0) is 69.2 Å². The molecule has 3 heterocycles. The van der Waals surface area contributed by atoms with Crippen molar-refractivity contribution in [1.82, 2.24) is 10.3 Å². The molecule has 0 fully saturated rings. The molecule has 2 aromatic rings. The van der Waals surface area contributed by atoms with E-state index in [-0.39, 0.29) is 23.0 Å². The Bertz CT molecular complexity index is 1040. The third kappa shape index (κ3) is 3.94. The highest BCUT2D eigenvalue weighted by Crippen LogP contribution is 2.47. The Morgan fingerprint density at radius 3 is 2.76 bits per heavy atom. The van der Waals surface area contributed by atoms with Crippen molar-refractivity contribution >= 4 is 44.8 Å². The minimum Gasteiger partial charge on any atom is -0.362 e. The van der Waals surface area contributed by atoms with Crippen LogP contribution in [0.1, 0.15) is 45.1 Å². The Hall–Kier alpha value is -2.25. The molecule has 2 aromatic heterocycles. The first-order valence-electron chi connectivity index (χ1n) is 9.44. The van der Waals surface area contributed by atoms with Crippen molar-refractivity contribution in [2.75, 3.05) is 5.32 Å². The molecular weight excluding hydrogens is 450 g/mol. The molecule has 5 nitrogen and oxygen atoms in total. The van der Waals surface area contributed by atoms with Crippen LogP contribution in [-0.4, -0.2) is 16.7 Å². The van der Waals surface area contributed by atoms with E-state index in [2.05, 4.69) is 45.4 Å². The maximum absolute atomic E-state index is 13.3. The first-order valence-corrected chi connectivity index (χ1v) is 11.2. The van der Waals surface area contributed by atoms with Gasteiger partial charge in [-0.15, -0.1) is 0 Å². The third-order valence-electron chi connectivity index (χ3n) is 5.33. The number of amides is 1. The maximum Gasteiger partial charge on any atom is 0.255 e. The lowest BCUT2D eigenvalue weighted by Crippen LogP contribution is -2.39. The summed E-state index contributed by atoms with van der Waals surface area (Å²) >= 11 is 4.92. The molecule has 7 heteroatoms. The Balaban J connectivity index is 1.75. The van der Waals surface area contributed by atoms with E-state index in [1.807, 2.05) is 29.8 Å². The number of hydrogen-bond donors (Lipinski definition) is 2. The number of ketones is 1. The van der Waals surface area contributed by atoms with Crippen LogP contribution in [0.5, 0.6) is 0 Å². The summed E-state index contributed by atoms with van der Waals surface area (Å²) in [7, 11) is 0. The number of hydrogen-bond acceptors (Lipinski definition) is 5. The van der Waals surface area contributed by atoms with Crippen molar-refractivity contribution in [3.05, 3.63) is 67.7 Å². The lowest BCUT2D eigenvalue weighted by molar-refractivity contribution is -0.118. The number of pyridine rings is 1. The van der Waals surface area contributed by atoms with Crippen molar-refractivity contribution in [3.63, 3.8) is 0 Å². The van der Waals surface area contributed by atoms with E-state index in [1.165, 1.54) is 0 Å². The van der Waals surface area contributed by atoms with Gasteiger partial charge in [0.1, 0.15) is 5.82 Å². The molecule has 0 bridgehead atoms. The Morgan fingerprint density at radius 1 is 1.31 bits per heavy atom. The SMILES string of the molecule is CC1=C(C(=O)Nc2ccc(Br)cn2)[C@H](c2ccsc2)C2=C(CC(C)(C)CC2=O)N1. The van der Waals surface area contributed by atoms with Gasteiger partial charge in [0.2, 0.25) is 0 Å². The smallest absolute Gasteiger partial charge is 0.255 e. The summed E-state index contributed by atoms with van der Waals surface area (Å²) in [5, 5.41) is 10.3. The summed E-state index contributed by atoms with van der Waals surface area (Å²) in [5.41, 5.74) is 3.90. The molecule has 0 aromatic carbocycles. The molecule has 2 aliphatic rings. The fraction of sp³-hybridized carbons (Fsp3) is 0.318. The quantitative estimate of drug-likeness (QED) is 0.649. The largest absolute Gasteiger partial charge is 0.362 e. The lowest BCUT2D eigenvalue weighted by Gasteiger charge is -2.39. The van der Waals surface area contributed by atoms with Crippen LogP contribution in [-0.2, 0) is 9.59 Å². The number of Topliss-reactive ketones (excluding diaryl/α,β-unsaturated/α-hetero) is 1. The van der Waals surface area contributed by atoms with Gasteiger partial charge in [0.15, 0.2) is 5.78 Å². The fourth-order valence-electron chi connectivity index (χ4n) is 4.14. The van der Waals surface area contributed by atoms with Crippen LogP contribution in [0.4, 0.5) is 5.82 Å². The van der Waals surface area contributed by atoms with Gasteiger partial charge in [0.05, 0.1) is 0 Å². The van der Waals surface area contributed by atoms with Crippen molar-refractivity contribution in [2.45, 2.75) is 39.5 Å². The summed E-state index contributed by atoms with van der Waals surface area (Å²) in [6.45, 7) is 6.12. The molecule has 1 aliphatic heterocycles. The topological polar surface area (TPSA) is 71.1 Å². The molecule has 150 valence electrons. The maximum atomic E-state index is 13.3. The van der Waals surface area contributed by atoms with Crippen molar-refractivity contribution < 1.29 is 9.59 Å². The molecule has 0 saturated heterocycles.